The molecule has 0 aliphatic carbocycles. The third-order valence-electron chi connectivity index (χ3n) is 3.21. The summed E-state index contributed by atoms with van der Waals surface area (Å²) >= 11 is 0. The van der Waals surface area contributed by atoms with Crippen LogP contribution in [0.3, 0.4) is 0 Å². The number of carbonyl (C=O) groups is 1. The number of carbonyl (C=O) groups excluding carboxylic acids is 1. The van der Waals surface area contributed by atoms with E-state index in [-0.39, 0.29) is 18.4 Å². The van der Waals surface area contributed by atoms with Gasteiger partial charge in [0.15, 0.2) is 0 Å². The molecule has 2 N–H and O–H groups in total. The van der Waals surface area contributed by atoms with E-state index < -0.39 is 0 Å². The zero-order valence-electron chi connectivity index (χ0n) is 8.41. The van der Waals surface area contributed by atoms with Gasteiger partial charge in [0.2, 0.25) is 5.91 Å². The summed E-state index contributed by atoms with van der Waals surface area (Å²) in [6.45, 7) is 2.88. The third kappa shape index (κ3) is 1.91. The molecule has 0 aromatic heterocycles. The summed E-state index contributed by atoms with van der Waals surface area (Å²) in [7, 11) is 0. The standard InChI is InChI=1S/C10H18N2O2/c13-7-8-4-10(14)12(6-8)9-2-1-3-11-5-9/h8-9,11,13H,1-7H2. The van der Waals surface area contributed by atoms with Crippen LogP contribution >= 0.6 is 0 Å². The summed E-state index contributed by atoms with van der Waals surface area (Å²) in [5.41, 5.74) is 0. The van der Waals surface area contributed by atoms with Crippen molar-refractivity contribution in [2.75, 3.05) is 26.2 Å². The first-order valence-electron chi connectivity index (χ1n) is 5.42. The predicted octanol–water partition coefficient (Wildman–Crippen LogP) is -0.421. The highest BCUT2D eigenvalue weighted by molar-refractivity contribution is 5.79. The first-order chi connectivity index (χ1) is 6.81. The van der Waals surface area contributed by atoms with Crippen molar-refractivity contribution in [3.63, 3.8) is 0 Å². The Labute approximate surface area is 84.3 Å². The van der Waals surface area contributed by atoms with E-state index in [1.165, 1.54) is 0 Å². The molecule has 2 fully saturated rings. The first kappa shape index (κ1) is 9.93. The lowest BCUT2D eigenvalue weighted by Gasteiger charge is -2.31. The lowest BCUT2D eigenvalue weighted by atomic mass is 10.1. The Morgan fingerprint density at radius 1 is 1.57 bits per heavy atom. The molecular weight excluding hydrogens is 180 g/mol. The molecule has 0 bridgehead atoms. The SMILES string of the molecule is O=C1CC(CO)CN1C1CCCNC1. The van der Waals surface area contributed by atoms with Crippen molar-refractivity contribution in [1.29, 1.82) is 0 Å². The van der Waals surface area contributed by atoms with E-state index in [1.54, 1.807) is 0 Å². The van der Waals surface area contributed by atoms with Crippen LogP contribution in [0.5, 0.6) is 0 Å². The maximum absolute atomic E-state index is 11.6. The van der Waals surface area contributed by atoms with E-state index in [9.17, 15) is 4.79 Å². The fraction of sp³-hybridized carbons (Fsp3) is 0.900. The number of nitrogens with one attached hydrogen (secondary N) is 1. The zero-order valence-corrected chi connectivity index (χ0v) is 8.41. The van der Waals surface area contributed by atoms with Crippen molar-refractivity contribution in [3.05, 3.63) is 0 Å². The number of piperidine rings is 1. The second-order valence-electron chi connectivity index (χ2n) is 4.30. The summed E-state index contributed by atoms with van der Waals surface area (Å²) in [5, 5.41) is 12.3. The number of aliphatic hydroxyl groups excluding tert-OH is 1. The molecule has 0 saturated carbocycles. The number of hydrogen-bond donors (Lipinski definition) is 2. The van der Waals surface area contributed by atoms with Crippen LogP contribution in [-0.2, 0) is 4.79 Å². The second-order valence-corrected chi connectivity index (χ2v) is 4.30. The molecular formula is C10H18N2O2. The minimum absolute atomic E-state index is 0.141. The van der Waals surface area contributed by atoms with E-state index >= 15 is 0 Å². The smallest absolute Gasteiger partial charge is 0.223 e. The van der Waals surface area contributed by atoms with Gasteiger partial charge in [0.05, 0.1) is 0 Å². The fourth-order valence-corrected chi connectivity index (χ4v) is 2.38. The van der Waals surface area contributed by atoms with Crippen molar-refractivity contribution in [1.82, 2.24) is 10.2 Å². The zero-order chi connectivity index (χ0) is 9.97. The predicted molar refractivity (Wildman–Crippen MR) is 52.8 cm³/mol. The van der Waals surface area contributed by atoms with E-state index in [0.29, 0.717) is 12.5 Å². The van der Waals surface area contributed by atoms with Crippen molar-refractivity contribution >= 4 is 5.91 Å². The van der Waals surface area contributed by atoms with Crippen LogP contribution in [0.1, 0.15) is 19.3 Å². The van der Waals surface area contributed by atoms with Crippen molar-refractivity contribution in [2.45, 2.75) is 25.3 Å². The molecule has 14 heavy (non-hydrogen) atoms. The molecule has 0 aromatic rings. The number of aliphatic hydroxyl groups is 1. The van der Waals surface area contributed by atoms with Gasteiger partial charge in [-0.2, -0.15) is 0 Å². The van der Waals surface area contributed by atoms with Crippen molar-refractivity contribution < 1.29 is 9.90 Å². The number of likely N-dealkylation sites (tertiary alicyclic amines) is 1. The Kier molecular flexibility index (Phi) is 3.03. The van der Waals surface area contributed by atoms with Gasteiger partial charge in [-0.15, -0.1) is 0 Å². The van der Waals surface area contributed by atoms with Gasteiger partial charge in [-0.1, -0.05) is 0 Å². The average molecular weight is 198 g/mol. The molecule has 2 heterocycles. The Morgan fingerprint density at radius 2 is 2.43 bits per heavy atom. The highest BCUT2D eigenvalue weighted by Gasteiger charge is 2.34. The van der Waals surface area contributed by atoms with Gasteiger partial charge in [-0.25, -0.2) is 0 Å². The second kappa shape index (κ2) is 4.28. The van der Waals surface area contributed by atoms with Crippen LogP contribution in [0.25, 0.3) is 0 Å². The monoisotopic (exact) mass is 198 g/mol. The quantitative estimate of drug-likeness (QED) is 0.633. The largest absolute Gasteiger partial charge is 0.396 e. The summed E-state index contributed by atoms with van der Waals surface area (Å²) in [6, 6.07) is 0.368. The fourth-order valence-electron chi connectivity index (χ4n) is 2.38. The van der Waals surface area contributed by atoms with Crippen LogP contribution < -0.4 is 5.32 Å². The number of amides is 1. The van der Waals surface area contributed by atoms with Crippen LogP contribution in [0.15, 0.2) is 0 Å². The highest BCUT2D eigenvalue weighted by Crippen LogP contribution is 2.22. The number of rotatable bonds is 2. The molecule has 2 atom stereocenters. The molecule has 2 aliphatic heterocycles. The van der Waals surface area contributed by atoms with Crippen molar-refractivity contribution in [3.8, 4) is 0 Å². The van der Waals surface area contributed by atoms with E-state index in [2.05, 4.69) is 5.32 Å². The summed E-state index contributed by atoms with van der Waals surface area (Å²) in [4.78, 5) is 13.6. The number of hydrogen-bond acceptors (Lipinski definition) is 3. The molecule has 2 rings (SSSR count). The normalized spacial score (nSPS) is 33.8. The Hall–Kier alpha value is -0.610. The molecule has 0 spiro atoms. The molecule has 4 nitrogen and oxygen atoms in total. The summed E-state index contributed by atoms with van der Waals surface area (Å²) < 4.78 is 0. The molecule has 4 heteroatoms. The van der Waals surface area contributed by atoms with Gasteiger partial charge in [-0.3, -0.25) is 4.79 Å². The minimum Gasteiger partial charge on any atom is -0.396 e. The Balaban J connectivity index is 1.93. The maximum Gasteiger partial charge on any atom is 0.223 e. The van der Waals surface area contributed by atoms with Gasteiger partial charge in [0.25, 0.3) is 0 Å². The topological polar surface area (TPSA) is 52.6 Å². The Bertz CT molecular complexity index is 214. The molecule has 0 radical (unpaired) electrons. The van der Waals surface area contributed by atoms with Gasteiger partial charge < -0.3 is 15.3 Å². The average Bonchev–Trinajstić information content (AvgIpc) is 2.61. The number of nitrogens with zero attached hydrogens (tertiary/aromatic N) is 1. The first-order valence-corrected chi connectivity index (χ1v) is 5.42. The molecule has 0 aromatic carbocycles. The summed E-state index contributed by atoms with van der Waals surface area (Å²) in [5.74, 6) is 0.391. The highest BCUT2D eigenvalue weighted by atomic mass is 16.3. The van der Waals surface area contributed by atoms with Crippen LogP contribution in [0, 0.1) is 5.92 Å². The lowest BCUT2D eigenvalue weighted by Crippen LogP contribution is -2.46. The van der Waals surface area contributed by atoms with Gasteiger partial charge in [-0.05, 0) is 19.4 Å². The molecule has 1 amide bonds. The lowest BCUT2D eigenvalue weighted by molar-refractivity contribution is -0.130. The maximum atomic E-state index is 11.6. The minimum atomic E-state index is 0.141. The Morgan fingerprint density at radius 3 is 3.00 bits per heavy atom. The van der Waals surface area contributed by atoms with E-state index in [0.717, 1.165) is 32.5 Å². The van der Waals surface area contributed by atoms with Crippen LogP contribution in [0.2, 0.25) is 0 Å². The van der Waals surface area contributed by atoms with Crippen LogP contribution in [0.4, 0.5) is 0 Å². The summed E-state index contributed by atoms with van der Waals surface area (Å²) in [6.07, 6.45) is 2.79. The van der Waals surface area contributed by atoms with E-state index in [4.69, 9.17) is 5.11 Å². The molecule has 2 aliphatic rings. The van der Waals surface area contributed by atoms with Gasteiger partial charge in [0.1, 0.15) is 0 Å². The third-order valence-corrected chi connectivity index (χ3v) is 3.21. The van der Waals surface area contributed by atoms with Gasteiger partial charge in [0, 0.05) is 38.1 Å². The van der Waals surface area contributed by atoms with Gasteiger partial charge >= 0.3 is 0 Å². The molecule has 2 saturated heterocycles. The van der Waals surface area contributed by atoms with Crippen LogP contribution in [-0.4, -0.2) is 48.2 Å². The van der Waals surface area contributed by atoms with Crippen molar-refractivity contribution in [2.24, 2.45) is 5.92 Å². The molecule has 80 valence electrons. The van der Waals surface area contributed by atoms with E-state index in [1.807, 2.05) is 4.90 Å². The molecule has 2 unspecified atom stereocenters.